The van der Waals surface area contributed by atoms with Gasteiger partial charge in [-0.3, -0.25) is 9.80 Å². The topological polar surface area (TPSA) is 30.3 Å². The number of hydrogen-bond donors (Lipinski definition) is 0. The van der Waals surface area contributed by atoms with E-state index in [1.807, 2.05) is 0 Å². The van der Waals surface area contributed by atoms with Crippen molar-refractivity contribution in [3.8, 4) is 6.07 Å². The van der Waals surface area contributed by atoms with Gasteiger partial charge >= 0.3 is 0 Å². The van der Waals surface area contributed by atoms with E-state index in [1.165, 1.54) is 44.9 Å². The molecular formula is C16H27N3. The van der Waals surface area contributed by atoms with E-state index in [2.05, 4.69) is 22.8 Å². The molecule has 6 heterocycles. The van der Waals surface area contributed by atoms with Gasteiger partial charge < -0.3 is 0 Å². The van der Waals surface area contributed by atoms with Crippen LogP contribution in [0.5, 0.6) is 0 Å². The molecule has 3 heteroatoms. The van der Waals surface area contributed by atoms with Crippen molar-refractivity contribution in [1.82, 2.24) is 9.80 Å². The van der Waals surface area contributed by atoms with Crippen LogP contribution < -0.4 is 0 Å². The summed E-state index contributed by atoms with van der Waals surface area (Å²) in [7, 11) is 0. The second-order valence-corrected chi connectivity index (χ2v) is 6.92. The lowest BCUT2D eigenvalue weighted by Crippen LogP contribution is -2.61. The molecule has 0 N–H and O–H groups in total. The second kappa shape index (κ2) is 5.42. The van der Waals surface area contributed by atoms with E-state index < -0.39 is 0 Å². The second-order valence-electron chi connectivity index (χ2n) is 6.92. The first-order chi connectivity index (χ1) is 9.22. The van der Waals surface area contributed by atoms with Gasteiger partial charge in [0.1, 0.15) is 6.07 Å². The van der Waals surface area contributed by atoms with Crippen LogP contribution in [0.1, 0.15) is 51.9 Å². The number of piperidine rings is 2. The molecular weight excluding hydrogens is 234 g/mol. The molecule has 0 amide bonds. The molecule has 6 aliphatic heterocycles. The quantitative estimate of drug-likeness (QED) is 0.671. The zero-order valence-corrected chi connectivity index (χ0v) is 12.3. The van der Waals surface area contributed by atoms with Crippen molar-refractivity contribution in [1.29, 1.82) is 5.26 Å². The van der Waals surface area contributed by atoms with Crippen LogP contribution in [-0.2, 0) is 0 Å². The third-order valence-electron chi connectivity index (χ3n) is 5.90. The summed E-state index contributed by atoms with van der Waals surface area (Å²) in [6.07, 6.45) is 9.50. The smallest absolute Gasteiger partial charge is 0.161 e. The van der Waals surface area contributed by atoms with Crippen molar-refractivity contribution < 1.29 is 0 Å². The van der Waals surface area contributed by atoms with E-state index in [0.717, 1.165) is 38.0 Å². The van der Waals surface area contributed by atoms with Gasteiger partial charge in [0, 0.05) is 26.2 Å². The Morgan fingerprint density at radius 3 is 1.63 bits per heavy atom. The fourth-order valence-electron chi connectivity index (χ4n) is 4.35. The van der Waals surface area contributed by atoms with Gasteiger partial charge in [-0.25, -0.2) is 0 Å². The van der Waals surface area contributed by atoms with E-state index in [4.69, 9.17) is 0 Å². The number of rotatable bonds is 0. The van der Waals surface area contributed by atoms with Crippen molar-refractivity contribution in [2.45, 2.75) is 57.5 Å². The normalized spacial score (nSPS) is 47.2. The summed E-state index contributed by atoms with van der Waals surface area (Å²) in [5, 5.41) is 9.76. The van der Waals surface area contributed by atoms with Gasteiger partial charge in [0.25, 0.3) is 0 Å². The Labute approximate surface area is 117 Å². The Morgan fingerprint density at radius 1 is 0.842 bits per heavy atom. The highest BCUT2D eigenvalue weighted by Crippen LogP contribution is 2.34. The van der Waals surface area contributed by atoms with Crippen molar-refractivity contribution in [3.63, 3.8) is 0 Å². The molecule has 0 aromatic rings. The van der Waals surface area contributed by atoms with Crippen molar-refractivity contribution >= 4 is 0 Å². The van der Waals surface area contributed by atoms with E-state index in [-0.39, 0.29) is 5.66 Å². The number of nitriles is 1. The molecule has 0 aromatic heterocycles. The predicted molar refractivity (Wildman–Crippen MR) is 76.5 cm³/mol. The maximum absolute atomic E-state index is 9.76. The minimum Gasteiger partial charge on any atom is -0.274 e. The summed E-state index contributed by atoms with van der Waals surface area (Å²) >= 11 is 0. The molecule has 0 atom stereocenters. The first-order valence-electron chi connectivity index (χ1n) is 8.14. The van der Waals surface area contributed by atoms with Crippen LogP contribution in [0.3, 0.4) is 0 Å². The summed E-state index contributed by atoms with van der Waals surface area (Å²) in [6.45, 7) is 6.63. The van der Waals surface area contributed by atoms with Gasteiger partial charge in [-0.05, 0) is 44.4 Å². The summed E-state index contributed by atoms with van der Waals surface area (Å²) in [4.78, 5) is 4.90. The third-order valence-corrected chi connectivity index (χ3v) is 5.90. The lowest BCUT2D eigenvalue weighted by Gasteiger charge is -2.49. The monoisotopic (exact) mass is 261 g/mol. The van der Waals surface area contributed by atoms with Gasteiger partial charge in [-0.2, -0.15) is 5.26 Å². The Bertz CT molecular complexity index is 319. The SMILES string of the molecule is CC1(C#N)N2CCC(CCCC3CCN1CC3)CC2. The average molecular weight is 261 g/mol. The van der Waals surface area contributed by atoms with E-state index >= 15 is 0 Å². The standard InChI is InChI=1S/C16H27N3/c1-16(13-17)18-9-5-14(6-10-18)3-2-4-15-7-11-19(16)12-8-15/h14-15H,2-12H2,1H3. The Kier molecular flexibility index (Phi) is 3.82. The molecule has 0 spiro atoms. The average Bonchev–Trinajstić information content (AvgIpc) is 2.46. The predicted octanol–water partition coefficient (Wildman–Crippen LogP) is 2.83. The zero-order chi connectivity index (χ0) is 13.3. The highest BCUT2D eigenvalue weighted by molar-refractivity contribution is 5.06. The maximum atomic E-state index is 9.76. The van der Waals surface area contributed by atoms with Crippen LogP contribution in [0, 0.1) is 23.2 Å². The molecule has 19 heavy (non-hydrogen) atoms. The highest BCUT2D eigenvalue weighted by Gasteiger charge is 2.41. The molecule has 0 aliphatic carbocycles. The summed E-state index contributed by atoms with van der Waals surface area (Å²) in [5.41, 5.74) is -0.352. The van der Waals surface area contributed by atoms with E-state index in [1.54, 1.807) is 0 Å². The van der Waals surface area contributed by atoms with Crippen LogP contribution in [0.2, 0.25) is 0 Å². The zero-order valence-electron chi connectivity index (χ0n) is 12.3. The van der Waals surface area contributed by atoms with Gasteiger partial charge in [0.2, 0.25) is 0 Å². The van der Waals surface area contributed by atoms with Crippen molar-refractivity contribution in [3.05, 3.63) is 0 Å². The van der Waals surface area contributed by atoms with Crippen LogP contribution in [0.15, 0.2) is 0 Å². The number of nitrogens with zero attached hydrogens (tertiary/aromatic N) is 3. The Morgan fingerprint density at radius 2 is 1.26 bits per heavy atom. The molecule has 0 unspecified atom stereocenters. The molecule has 4 bridgehead atoms. The molecule has 106 valence electrons. The van der Waals surface area contributed by atoms with Crippen molar-refractivity contribution in [2.24, 2.45) is 11.8 Å². The molecule has 0 aromatic carbocycles. The lowest BCUT2D eigenvalue weighted by molar-refractivity contribution is -0.0432. The first-order valence-corrected chi connectivity index (χ1v) is 8.14. The molecule has 0 saturated carbocycles. The Hall–Kier alpha value is -0.590. The van der Waals surface area contributed by atoms with Gasteiger partial charge in [-0.15, -0.1) is 0 Å². The largest absolute Gasteiger partial charge is 0.274 e. The maximum Gasteiger partial charge on any atom is 0.161 e. The molecule has 0 radical (unpaired) electrons. The van der Waals surface area contributed by atoms with Gasteiger partial charge in [-0.1, -0.05) is 19.3 Å². The van der Waals surface area contributed by atoms with Crippen LogP contribution in [0.4, 0.5) is 0 Å². The summed E-state index contributed by atoms with van der Waals surface area (Å²) < 4.78 is 0. The van der Waals surface area contributed by atoms with Crippen molar-refractivity contribution in [2.75, 3.05) is 26.2 Å². The third kappa shape index (κ3) is 2.53. The molecule has 6 saturated heterocycles. The fraction of sp³-hybridized carbons (Fsp3) is 0.938. The van der Waals surface area contributed by atoms with Gasteiger partial charge in [0.15, 0.2) is 5.66 Å². The summed E-state index contributed by atoms with van der Waals surface area (Å²) in [5.74, 6) is 1.85. The minimum absolute atomic E-state index is 0.352. The molecule has 3 nitrogen and oxygen atoms in total. The number of hydrogen-bond acceptors (Lipinski definition) is 3. The van der Waals surface area contributed by atoms with Crippen LogP contribution in [-0.4, -0.2) is 41.6 Å². The highest BCUT2D eigenvalue weighted by atomic mass is 15.4. The minimum atomic E-state index is -0.352. The van der Waals surface area contributed by atoms with Crippen LogP contribution in [0.25, 0.3) is 0 Å². The van der Waals surface area contributed by atoms with Crippen LogP contribution >= 0.6 is 0 Å². The first kappa shape index (κ1) is 13.4. The molecule has 6 rings (SSSR count). The van der Waals surface area contributed by atoms with E-state index in [9.17, 15) is 5.26 Å². The molecule has 6 fully saturated rings. The van der Waals surface area contributed by atoms with E-state index in [0.29, 0.717) is 0 Å². The Balaban J connectivity index is 1.82. The summed E-state index contributed by atoms with van der Waals surface area (Å²) in [6, 6.07) is 2.64. The lowest BCUT2D eigenvalue weighted by atomic mass is 9.84. The van der Waals surface area contributed by atoms with Gasteiger partial charge in [0.05, 0.1) is 0 Å². The molecule has 6 aliphatic rings. The fourth-order valence-corrected chi connectivity index (χ4v) is 4.35.